The maximum absolute atomic E-state index is 11.9. The van der Waals surface area contributed by atoms with Crippen LogP contribution in [0.2, 0.25) is 0 Å². The molecule has 1 N–H and O–H groups in total. The molecule has 2 aromatic rings. The third kappa shape index (κ3) is 6.45. The Kier molecular flexibility index (Phi) is 9.43. The van der Waals surface area contributed by atoms with E-state index < -0.39 is 0 Å². The standard InChI is InChI=1S/C21H29N5O2.HI/c1-3-22-21(25-13-10-17(11-14-25)20(27)28-4-2)23-16-18-12-15-26(24-18)19-8-6-5-7-9-19;/h5-9,12,15,17H,3-4,10-11,13-14,16H2,1-2H3,(H,22,23);1H. The van der Waals surface area contributed by atoms with Crippen molar-refractivity contribution in [2.45, 2.75) is 33.2 Å². The van der Waals surface area contributed by atoms with Crippen LogP contribution in [-0.4, -0.2) is 52.9 Å². The molecule has 2 heterocycles. The molecular weight excluding hydrogens is 481 g/mol. The molecule has 158 valence electrons. The fraction of sp³-hybridized carbons (Fsp3) is 0.476. The van der Waals surface area contributed by atoms with Crippen molar-refractivity contribution in [2.75, 3.05) is 26.2 Å². The van der Waals surface area contributed by atoms with Crippen molar-refractivity contribution in [3.05, 3.63) is 48.3 Å². The number of para-hydroxylation sites is 1. The molecule has 8 heteroatoms. The number of esters is 1. The summed E-state index contributed by atoms with van der Waals surface area (Å²) in [5, 5.41) is 7.97. The van der Waals surface area contributed by atoms with Crippen LogP contribution >= 0.6 is 24.0 Å². The van der Waals surface area contributed by atoms with E-state index in [4.69, 9.17) is 9.73 Å². The van der Waals surface area contributed by atoms with Gasteiger partial charge in [0.2, 0.25) is 0 Å². The Morgan fingerprint density at radius 2 is 1.93 bits per heavy atom. The van der Waals surface area contributed by atoms with Gasteiger partial charge in [-0.1, -0.05) is 18.2 Å². The number of aromatic nitrogens is 2. The van der Waals surface area contributed by atoms with Gasteiger partial charge in [0.15, 0.2) is 5.96 Å². The van der Waals surface area contributed by atoms with Crippen molar-refractivity contribution in [1.82, 2.24) is 20.0 Å². The van der Waals surface area contributed by atoms with Gasteiger partial charge in [0, 0.05) is 25.8 Å². The van der Waals surface area contributed by atoms with Crippen LogP contribution in [0.5, 0.6) is 0 Å². The monoisotopic (exact) mass is 511 g/mol. The number of likely N-dealkylation sites (tertiary alicyclic amines) is 1. The number of carbonyl (C=O) groups is 1. The normalized spacial score (nSPS) is 15.0. The van der Waals surface area contributed by atoms with Crippen molar-refractivity contribution in [3.63, 3.8) is 0 Å². The van der Waals surface area contributed by atoms with Gasteiger partial charge in [0.1, 0.15) is 0 Å². The van der Waals surface area contributed by atoms with Gasteiger partial charge in [0.25, 0.3) is 0 Å². The highest BCUT2D eigenvalue weighted by atomic mass is 127. The van der Waals surface area contributed by atoms with Crippen molar-refractivity contribution >= 4 is 35.9 Å². The Balaban J connectivity index is 0.00000300. The quantitative estimate of drug-likeness (QED) is 0.279. The van der Waals surface area contributed by atoms with Gasteiger partial charge in [-0.25, -0.2) is 9.67 Å². The topological polar surface area (TPSA) is 71.8 Å². The largest absolute Gasteiger partial charge is 0.466 e. The summed E-state index contributed by atoms with van der Waals surface area (Å²) < 4.78 is 7.02. The molecule has 1 fully saturated rings. The molecule has 29 heavy (non-hydrogen) atoms. The van der Waals surface area contributed by atoms with Gasteiger partial charge in [-0.3, -0.25) is 4.79 Å². The molecule has 1 aromatic heterocycles. The van der Waals surface area contributed by atoms with E-state index in [9.17, 15) is 4.79 Å². The average molecular weight is 511 g/mol. The summed E-state index contributed by atoms with van der Waals surface area (Å²) in [6.45, 7) is 7.27. The van der Waals surface area contributed by atoms with E-state index in [2.05, 4.69) is 22.2 Å². The zero-order chi connectivity index (χ0) is 19.8. The molecule has 0 saturated carbocycles. The highest BCUT2D eigenvalue weighted by Crippen LogP contribution is 2.19. The molecule has 0 unspecified atom stereocenters. The van der Waals surface area contributed by atoms with Crippen LogP contribution in [0.3, 0.4) is 0 Å². The van der Waals surface area contributed by atoms with Gasteiger partial charge in [-0.15, -0.1) is 24.0 Å². The number of ether oxygens (including phenoxy) is 1. The number of benzene rings is 1. The van der Waals surface area contributed by atoms with Crippen molar-refractivity contribution in [3.8, 4) is 5.69 Å². The number of rotatable bonds is 6. The number of hydrogen-bond acceptors (Lipinski definition) is 4. The second-order valence-corrected chi connectivity index (χ2v) is 6.77. The summed E-state index contributed by atoms with van der Waals surface area (Å²) in [5.41, 5.74) is 1.95. The minimum absolute atomic E-state index is 0. The third-order valence-electron chi connectivity index (χ3n) is 4.81. The van der Waals surface area contributed by atoms with Gasteiger partial charge < -0.3 is 15.0 Å². The Labute approximate surface area is 189 Å². The van der Waals surface area contributed by atoms with Crippen LogP contribution in [-0.2, 0) is 16.1 Å². The molecule has 1 aliphatic heterocycles. The van der Waals surface area contributed by atoms with E-state index in [1.54, 1.807) is 0 Å². The molecule has 3 rings (SSSR count). The Bertz CT molecular complexity index is 785. The van der Waals surface area contributed by atoms with Crippen LogP contribution in [0.1, 0.15) is 32.4 Å². The summed E-state index contributed by atoms with van der Waals surface area (Å²) in [4.78, 5) is 18.9. The van der Waals surface area contributed by atoms with E-state index >= 15 is 0 Å². The summed E-state index contributed by atoms with van der Waals surface area (Å²) in [7, 11) is 0. The number of aliphatic imine (C=N–C) groups is 1. The zero-order valence-electron chi connectivity index (χ0n) is 17.1. The van der Waals surface area contributed by atoms with E-state index in [1.807, 2.05) is 54.2 Å². The predicted molar refractivity (Wildman–Crippen MR) is 125 cm³/mol. The van der Waals surface area contributed by atoms with Crippen LogP contribution in [0.15, 0.2) is 47.6 Å². The van der Waals surface area contributed by atoms with E-state index in [1.165, 1.54) is 0 Å². The average Bonchev–Trinajstić information content (AvgIpc) is 3.21. The lowest BCUT2D eigenvalue weighted by Crippen LogP contribution is -2.46. The first kappa shape index (κ1) is 23.2. The minimum atomic E-state index is -0.0736. The number of nitrogens with zero attached hydrogens (tertiary/aromatic N) is 4. The first-order valence-electron chi connectivity index (χ1n) is 10.0. The summed E-state index contributed by atoms with van der Waals surface area (Å²) >= 11 is 0. The van der Waals surface area contributed by atoms with Gasteiger partial charge in [-0.05, 0) is 44.9 Å². The smallest absolute Gasteiger partial charge is 0.309 e. The van der Waals surface area contributed by atoms with Crippen LogP contribution in [0.25, 0.3) is 5.69 Å². The molecule has 7 nitrogen and oxygen atoms in total. The second-order valence-electron chi connectivity index (χ2n) is 6.77. The lowest BCUT2D eigenvalue weighted by atomic mass is 9.97. The summed E-state index contributed by atoms with van der Waals surface area (Å²) in [6.07, 6.45) is 3.55. The SMILES string of the molecule is CCNC(=NCc1ccn(-c2ccccc2)n1)N1CCC(C(=O)OCC)CC1.I. The molecule has 0 radical (unpaired) electrons. The molecule has 0 bridgehead atoms. The molecule has 0 aliphatic carbocycles. The molecule has 1 aliphatic rings. The predicted octanol–water partition coefficient (Wildman–Crippen LogP) is 3.23. The highest BCUT2D eigenvalue weighted by Gasteiger charge is 2.27. The maximum atomic E-state index is 11.9. The highest BCUT2D eigenvalue weighted by molar-refractivity contribution is 14.0. The molecule has 1 saturated heterocycles. The first-order valence-corrected chi connectivity index (χ1v) is 10.0. The van der Waals surface area contributed by atoms with E-state index in [0.29, 0.717) is 13.2 Å². The summed E-state index contributed by atoms with van der Waals surface area (Å²) in [6, 6.07) is 12.0. The summed E-state index contributed by atoms with van der Waals surface area (Å²) in [5.74, 6) is 0.801. The molecule has 0 atom stereocenters. The lowest BCUT2D eigenvalue weighted by molar-refractivity contribution is -0.149. The van der Waals surface area contributed by atoms with Gasteiger partial charge >= 0.3 is 5.97 Å². The molecule has 0 spiro atoms. The van der Waals surface area contributed by atoms with E-state index in [0.717, 1.165) is 49.8 Å². The van der Waals surface area contributed by atoms with Crippen molar-refractivity contribution < 1.29 is 9.53 Å². The van der Waals surface area contributed by atoms with Crippen LogP contribution in [0, 0.1) is 5.92 Å². The Morgan fingerprint density at radius 3 is 2.59 bits per heavy atom. The van der Waals surface area contributed by atoms with Gasteiger partial charge in [-0.2, -0.15) is 5.10 Å². The van der Waals surface area contributed by atoms with Crippen LogP contribution in [0.4, 0.5) is 0 Å². The number of halogens is 1. The number of carbonyl (C=O) groups excluding carboxylic acids is 1. The zero-order valence-corrected chi connectivity index (χ0v) is 19.4. The van der Waals surface area contributed by atoms with Gasteiger partial charge in [0.05, 0.1) is 30.5 Å². The maximum Gasteiger partial charge on any atom is 0.309 e. The van der Waals surface area contributed by atoms with Crippen LogP contribution < -0.4 is 5.32 Å². The third-order valence-corrected chi connectivity index (χ3v) is 4.81. The molecule has 1 aromatic carbocycles. The fourth-order valence-electron chi connectivity index (χ4n) is 3.34. The first-order chi connectivity index (χ1) is 13.7. The second kappa shape index (κ2) is 11.8. The number of guanidine groups is 1. The van der Waals surface area contributed by atoms with Crippen molar-refractivity contribution in [1.29, 1.82) is 0 Å². The Morgan fingerprint density at radius 1 is 1.21 bits per heavy atom. The Hall–Kier alpha value is -2.10. The minimum Gasteiger partial charge on any atom is -0.466 e. The van der Waals surface area contributed by atoms with Crippen molar-refractivity contribution in [2.24, 2.45) is 10.9 Å². The molecule has 0 amide bonds. The fourth-order valence-corrected chi connectivity index (χ4v) is 3.34. The number of hydrogen-bond donors (Lipinski definition) is 1. The van der Waals surface area contributed by atoms with E-state index in [-0.39, 0.29) is 35.9 Å². The molecular formula is C21H30IN5O2. The number of piperidine rings is 1. The number of nitrogens with one attached hydrogen (secondary N) is 1. The lowest BCUT2D eigenvalue weighted by Gasteiger charge is -2.33.